The predicted octanol–water partition coefficient (Wildman–Crippen LogP) is 12.4. The second kappa shape index (κ2) is 25.4. The van der Waals surface area contributed by atoms with E-state index in [1.807, 2.05) is 72.8 Å². The van der Waals surface area contributed by atoms with Gasteiger partial charge in [0.2, 0.25) is 0 Å². The molecule has 7 rings (SSSR count). The van der Waals surface area contributed by atoms with Crippen LogP contribution in [-0.4, -0.2) is 63.3 Å². The number of fused-ring (bicyclic) bond motifs is 3. The predicted molar refractivity (Wildman–Crippen MR) is 265 cm³/mol. The van der Waals surface area contributed by atoms with Gasteiger partial charge in [-0.3, -0.25) is 14.8 Å². The smallest absolute Gasteiger partial charge is 0.270 e. The number of benzene rings is 2. The number of hydrogen-bond donors (Lipinski definition) is 2. The van der Waals surface area contributed by atoms with Crippen LogP contribution < -0.4 is 20.1 Å². The summed E-state index contributed by atoms with van der Waals surface area (Å²) in [4.78, 5) is 42.8. The fraction of sp³-hybridized carbons (Fsp3) is 0.346. The Kier molecular flexibility index (Phi) is 19.2. The number of unbranched alkanes of at least 4 members (excludes halogenated alkanes) is 3. The third kappa shape index (κ3) is 13.9. The fourth-order valence-electron chi connectivity index (χ4n) is 7.79. The molecule has 0 atom stereocenters. The SMILES string of the molecule is CCC[CH2][Sn](/[CH]=C/CCOc1ccccc1CNC(=O)c1ccc2cncc(Br)c2n1)([CH2]CCC)[CH2]CCC.O=C1NCc2ccccc2OCC/C=C/c2cncc3ccc1nc23. The van der Waals surface area contributed by atoms with Gasteiger partial charge in [-0.1, -0.05) is 30.4 Å². The summed E-state index contributed by atoms with van der Waals surface area (Å²) in [5, 5.41) is 7.72. The van der Waals surface area contributed by atoms with Crippen LogP contribution in [0.5, 0.6) is 11.5 Å². The molecule has 0 saturated heterocycles. The van der Waals surface area contributed by atoms with Gasteiger partial charge in [0.15, 0.2) is 0 Å². The van der Waals surface area contributed by atoms with E-state index in [0.29, 0.717) is 37.7 Å². The summed E-state index contributed by atoms with van der Waals surface area (Å²) in [5.74, 6) is 1.19. The average Bonchev–Trinajstić information content (AvgIpc) is 3.33. The zero-order valence-corrected chi connectivity index (χ0v) is 41.9. The largest absolute Gasteiger partial charge is 0.493 e. The number of halogens is 1. The number of para-hydroxylation sites is 2. The molecule has 4 aromatic heterocycles. The number of carbonyl (C=O) groups is 2. The first-order valence-electron chi connectivity index (χ1n) is 22.8. The standard InChI is InChI=1S/C20H17BrN3O2.C20H17N3O2.3C4H9.Sn/c1-2-3-10-26-18-7-5-4-6-14(18)12-23-20(25)17-9-8-15-11-22-13-16(21)19(15)24-17;24-20-17-9-8-16-12-21-11-15(19(16)23-17)6-3-4-10-25-18-7-2-1-5-14(18)13-22-20;3*1-3-4-2;/h1-2,4-9,11,13H,3,10,12H2,(H,23,25);1-3,5-9,11-12H,4,10,13H2,(H,22,24);3*1,3-4H2,2H3;/b;6-3+;;;;. The molecule has 1 aliphatic rings. The maximum Gasteiger partial charge on any atom is 0.270 e. The second-order valence-electron chi connectivity index (χ2n) is 16.2. The van der Waals surface area contributed by atoms with Crippen LogP contribution in [-0.2, 0) is 13.1 Å². The Hall–Kier alpha value is -5.14. The number of nitrogens with one attached hydrogen (secondary N) is 2. The molecule has 12 heteroatoms. The number of rotatable bonds is 17. The first kappa shape index (κ1) is 48.3. The summed E-state index contributed by atoms with van der Waals surface area (Å²) < 4.78 is 20.0. The molecular formula is C52H61BrN6O4Sn. The molecule has 0 radical (unpaired) electrons. The fourth-order valence-corrected chi connectivity index (χ4v) is 22.8. The first-order chi connectivity index (χ1) is 31.3. The minimum absolute atomic E-state index is 0.208. The van der Waals surface area contributed by atoms with Crippen molar-refractivity contribution < 1.29 is 19.1 Å². The molecule has 0 saturated carbocycles. The van der Waals surface area contributed by atoms with Crippen molar-refractivity contribution in [3.8, 4) is 11.5 Å². The van der Waals surface area contributed by atoms with Crippen LogP contribution in [0.15, 0.2) is 118 Å². The third-order valence-electron chi connectivity index (χ3n) is 11.4. The average molecular weight is 1030 g/mol. The number of carbonyl (C=O) groups excluding carboxylic acids is 2. The molecule has 1 aliphatic heterocycles. The van der Waals surface area contributed by atoms with Gasteiger partial charge in [-0.2, -0.15) is 0 Å². The van der Waals surface area contributed by atoms with Crippen molar-refractivity contribution in [2.75, 3.05) is 13.2 Å². The number of amides is 2. The Labute approximate surface area is 390 Å². The van der Waals surface area contributed by atoms with Crippen molar-refractivity contribution in [2.45, 2.75) is 98.5 Å². The van der Waals surface area contributed by atoms with E-state index in [9.17, 15) is 9.59 Å². The summed E-state index contributed by atoms with van der Waals surface area (Å²) in [5.41, 5.74) is 5.07. The summed E-state index contributed by atoms with van der Waals surface area (Å²) in [6.07, 6.45) is 23.1. The number of ether oxygens (including phenoxy) is 2. The molecule has 2 N–H and O–H groups in total. The number of pyridine rings is 4. The maximum absolute atomic E-state index is 12.9. The van der Waals surface area contributed by atoms with Crippen molar-refractivity contribution in [1.29, 1.82) is 0 Å². The number of hydrogen-bond acceptors (Lipinski definition) is 8. The van der Waals surface area contributed by atoms with E-state index in [-0.39, 0.29) is 11.8 Å². The van der Waals surface area contributed by atoms with E-state index in [1.165, 1.54) is 51.8 Å². The Morgan fingerprint density at radius 3 is 2.33 bits per heavy atom. The van der Waals surface area contributed by atoms with Crippen LogP contribution in [0.25, 0.3) is 27.9 Å². The molecule has 2 bridgehead atoms. The van der Waals surface area contributed by atoms with Crippen LogP contribution in [0.3, 0.4) is 0 Å². The van der Waals surface area contributed by atoms with Crippen LogP contribution in [0, 0.1) is 0 Å². The molecular weight excluding hydrogens is 971 g/mol. The van der Waals surface area contributed by atoms with Crippen molar-refractivity contribution in [3.05, 3.63) is 146 Å². The molecule has 2 amide bonds. The van der Waals surface area contributed by atoms with Crippen LogP contribution in [0.4, 0.5) is 0 Å². The molecule has 6 aromatic rings. The molecule has 64 heavy (non-hydrogen) atoms. The molecule has 334 valence electrons. The van der Waals surface area contributed by atoms with E-state index >= 15 is 0 Å². The summed E-state index contributed by atoms with van der Waals surface area (Å²) >= 11 is 1.23. The topological polar surface area (TPSA) is 128 Å². The molecule has 0 spiro atoms. The van der Waals surface area contributed by atoms with Gasteiger partial charge in [0.1, 0.15) is 11.4 Å². The summed E-state index contributed by atoms with van der Waals surface area (Å²) in [6, 6.07) is 22.9. The molecule has 5 heterocycles. The van der Waals surface area contributed by atoms with Gasteiger partial charge in [-0.05, 0) is 46.6 Å². The molecule has 0 aliphatic carbocycles. The molecule has 0 unspecified atom stereocenters. The Balaban J connectivity index is 0.000000232. The van der Waals surface area contributed by atoms with Gasteiger partial charge in [-0.15, -0.1) is 0 Å². The Bertz CT molecular complexity index is 2510. The van der Waals surface area contributed by atoms with Crippen molar-refractivity contribution in [3.63, 3.8) is 0 Å². The van der Waals surface area contributed by atoms with Gasteiger partial charge in [0.25, 0.3) is 5.91 Å². The van der Waals surface area contributed by atoms with Gasteiger partial charge < -0.3 is 10.1 Å². The van der Waals surface area contributed by atoms with E-state index < -0.39 is 18.4 Å². The minimum atomic E-state index is -2.24. The van der Waals surface area contributed by atoms with E-state index in [2.05, 4.69) is 77.4 Å². The third-order valence-corrected chi connectivity index (χ3v) is 26.2. The second-order valence-corrected chi connectivity index (χ2v) is 30.1. The van der Waals surface area contributed by atoms with Gasteiger partial charge in [0.05, 0.1) is 22.1 Å². The number of nitrogens with zero attached hydrogens (tertiary/aromatic N) is 4. The summed E-state index contributed by atoms with van der Waals surface area (Å²) in [6.45, 7) is 8.96. The van der Waals surface area contributed by atoms with Crippen molar-refractivity contribution >= 4 is 74.0 Å². The van der Waals surface area contributed by atoms with E-state index in [1.54, 1.807) is 36.9 Å². The normalized spacial score (nSPS) is 13.3. The molecule has 10 nitrogen and oxygen atoms in total. The van der Waals surface area contributed by atoms with Crippen LogP contribution in [0.2, 0.25) is 13.3 Å². The molecule has 2 aromatic carbocycles. The van der Waals surface area contributed by atoms with Gasteiger partial charge >= 0.3 is 194 Å². The zero-order chi connectivity index (χ0) is 45.0. The zero-order valence-electron chi connectivity index (χ0n) is 37.5. The van der Waals surface area contributed by atoms with Gasteiger partial charge in [-0.25, -0.2) is 4.98 Å². The number of aromatic nitrogens is 4. The van der Waals surface area contributed by atoms with E-state index in [4.69, 9.17) is 9.47 Å². The summed E-state index contributed by atoms with van der Waals surface area (Å²) in [7, 11) is 0. The van der Waals surface area contributed by atoms with Crippen LogP contribution in [0.1, 0.15) is 110 Å². The van der Waals surface area contributed by atoms with E-state index in [0.717, 1.165) is 67.3 Å². The molecule has 0 fully saturated rings. The monoisotopic (exact) mass is 1030 g/mol. The first-order valence-corrected chi connectivity index (χ1v) is 31.3. The quantitative estimate of drug-likeness (QED) is 0.0683. The van der Waals surface area contributed by atoms with Crippen molar-refractivity contribution in [1.82, 2.24) is 30.6 Å². The van der Waals surface area contributed by atoms with Crippen molar-refractivity contribution in [2.24, 2.45) is 0 Å². The van der Waals surface area contributed by atoms with Crippen LogP contribution >= 0.6 is 15.9 Å². The maximum atomic E-state index is 12.9. The Morgan fingerprint density at radius 2 is 1.55 bits per heavy atom. The van der Waals surface area contributed by atoms with Gasteiger partial charge in [0, 0.05) is 53.2 Å². The Morgan fingerprint density at radius 1 is 0.844 bits per heavy atom. The minimum Gasteiger partial charge on any atom is -0.493 e.